The fourth-order valence-electron chi connectivity index (χ4n) is 1.98. The van der Waals surface area contributed by atoms with Gasteiger partial charge in [0.05, 0.1) is 27.1 Å². The van der Waals surface area contributed by atoms with Crippen LogP contribution in [0, 0.1) is 27.2 Å². The Morgan fingerprint density at radius 3 is 2.62 bits per heavy atom. The topological polar surface area (TPSA) is 133 Å². The molecule has 0 saturated carbocycles. The maximum atomic E-state index is 12.0. The van der Waals surface area contributed by atoms with Crippen molar-refractivity contribution >= 4 is 34.6 Å². The Bertz CT molecular complexity index is 819. The molecule has 0 radical (unpaired) electrons. The first-order chi connectivity index (χ1) is 11.3. The molecule has 2 aromatic rings. The van der Waals surface area contributed by atoms with E-state index in [4.69, 9.17) is 11.6 Å². The fraction of sp³-hybridized carbons (Fsp3) is 0.231. The van der Waals surface area contributed by atoms with Crippen LogP contribution in [0.25, 0.3) is 0 Å². The van der Waals surface area contributed by atoms with Crippen molar-refractivity contribution in [3.8, 4) is 0 Å². The summed E-state index contributed by atoms with van der Waals surface area (Å²) < 4.78 is 1.34. The molecule has 1 amide bonds. The van der Waals surface area contributed by atoms with Crippen molar-refractivity contribution in [1.82, 2.24) is 9.78 Å². The molecular weight excluding hydrogens is 342 g/mol. The molecule has 1 aromatic carbocycles. The summed E-state index contributed by atoms with van der Waals surface area (Å²) in [5, 5.41) is 28.0. The smallest absolute Gasteiger partial charge is 0.309 e. The lowest BCUT2D eigenvalue weighted by Crippen LogP contribution is -2.16. The van der Waals surface area contributed by atoms with E-state index < -0.39 is 15.8 Å². The third-order valence-electron chi connectivity index (χ3n) is 3.26. The average molecular weight is 354 g/mol. The summed E-state index contributed by atoms with van der Waals surface area (Å²) in [6, 6.07) is 3.70. The third kappa shape index (κ3) is 3.84. The average Bonchev–Trinajstić information content (AvgIpc) is 2.88. The number of halogens is 1. The SMILES string of the molecule is Cc1c([N+](=O)[O-])cnn1CCC(=O)Nc1cc([N+](=O)[O-])ccc1Cl. The number of benzene rings is 1. The van der Waals surface area contributed by atoms with E-state index in [0.29, 0.717) is 5.69 Å². The first-order valence-corrected chi connectivity index (χ1v) is 7.08. The number of non-ortho nitro benzene ring substituents is 1. The zero-order chi connectivity index (χ0) is 17.9. The Hall–Kier alpha value is -3.01. The molecular formula is C13H12ClN5O5. The maximum Gasteiger partial charge on any atom is 0.309 e. The molecule has 0 bridgehead atoms. The molecule has 0 saturated heterocycles. The summed E-state index contributed by atoms with van der Waals surface area (Å²) in [5.41, 5.74) is 0.130. The number of nitro groups is 2. The van der Waals surface area contributed by atoms with Crippen LogP contribution < -0.4 is 5.32 Å². The van der Waals surface area contributed by atoms with E-state index >= 15 is 0 Å². The van der Waals surface area contributed by atoms with Gasteiger partial charge in [0, 0.05) is 18.6 Å². The van der Waals surface area contributed by atoms with Crippen molar-refractivity contribution in [3.63, 3.8) is 0 Å². The zero-order valence-electron chi connectivity index (χ0n) is 12.4. The summed E-state index contributed by atoms with van der Waals surface area (Å²) in [6.45, 7) is 1.65. The van der Waals surface area contributed by atoms with Gasteiger partial charge in [-0.3, -0.25) is 29.7 Å². The molecule has 0 aliphatic heterocycles. The Morgan fingerprint density at radius 1 is 1.33 bits per heavy atom. The molecule has 0 fully saturated rings. The molecule has 0 aliphatic rings. The van der Waals surface area contributed by atoms with E-state index in [2.05, 4.69) is 10.4 Å². The predicted octanol–water partition coefficient (Wildman–Crippen LogP) is 2.69. The van der Waals surface area contributed by atoms with Gasteiger partial charge in [0.25, 0.3) is 5.69 Å². The number of nitro benzene ring substituents is 1. The number of nitrogens with zero attached hydrogens (tertiary/aromatic N) is 4. The Balaban J connectivity index is 2.03. The minimum absolute atomic E-state index is 0.0291. The number of rotatable bonds is 6. The highest BCUT2D eigenvalue weighted by Gasteiger charge is 2.17. The van der Waals surface area contributed by atoms with Crippen LogP contribution in [0.2, 0.25) is 5.02 Å². The van der Waals surface area contributed by atoms with Crippen LogP contribution in [-0.2, 0) is 11.3 Å². The number of aryl methyl sites for hydroxylation is 1. The first kappa shape index (κ1) is 17.3. The van der Waals surface area contributed by atoms with Gasteiger partial charge in [-0.25, -0.2) is 0 Å². The summed E-state index contributed by atoms with van der Waals surface area (Å²) in [6.07, 6.45) is 1.09. The van der Waals surface area contributed by atoms with Crippen molar-refractivity contribution in [3.05, 3.63) is 55.3 Å². The van der Waals surface area contributed by atoms with Crippen molar-refractivity contribution < 1.29 is 14.6 Å². The van der Waals surface area contributed by atoms with Crippen LogP contribution in [-0.4, -0.2) is 25.5 Å². The van der Waals surface area contributed by atoms with Crippen molar-refractivity contribution in [1.29, 1.82) is 0 Å². The second kappa shape index (κ2) is 7.04. The normalized spacial score (nSPS) is 10.4. The Morgan fingerprint density at radius 2 is 2.04 bits per heavy atom. The highest BCUT2D eigenvalue weighted by molar-refractivity contribution is 6.33. The third-order valence-corrected chi connectivity index (χ3v) is 3.59. The molecule has 10 nitrogen and oxygen atoms in total. The van der Waals surface area contributed by atoms with Crippen LogP contribution >= 0.6 is 11.6 Å². The number of hydrogen-bond donors (Lipinski definition) is 1. The molecule has 1 heterocycles. The number of amides is 1. The van der Waals surface area contributed by atoms with Gasteiger partial charge in [-0.15, -0.1) is 0 Å². The van der Waals surface area contributed by atoms with Crippen molar-refractivity contribution in [2.45, 2.75) is 19.9 Å². The minimum atomic E-state index is -0.599. The van der Waals surface area contributed by atoms with Gasteiger partial charge in [-0.05, 0) is 13.0 Å². The zero-order valence-corrected chi connectivity index (χ0v) is 13.2. The van der Waals surface area contributed by atoms with Crippen LogP contribution in [0.1, 0.15) is 12.1 Å². The number of carbonyl (C=O) groups excluding carboxylic acids is 1. The number of anilines is 1. The lowest BCUT2D eigenvalue weighted by Gasteiger charge is -2.08. The molecule has 126 valence electrons. The molecule has 2 rings (SSSR count). The Kier molecular flexibility index (Phi) is 5.09. The quantitative estimate of drug-likeness (QED) is 0.626. The van der Waals surface area contributed by atoms with Crippen LogP contribution in [0.5, 0.6) is 0 Å². The molecule has 11 heteroatoms. The largest absolute Gasteiger partial charge is 0.325 e. The molecule has 1 aromatic heterocycles. The first-order valence-electron chi connectivity index (χ1n) is 6.70. The molecule has 0 unspecified atom stereocenters. The fourth-order valence-corrected chi connectivity index (χ4v) is 2.15. The van der Waals surface area contributed by atoms with E-state index in [1.807, 2.05) is 0 Å². The number of aromatic nitrogens is 2. The van der Waals surface area contributed by atoms with E-state index in [0.717, 1.165) is 12.3 Å². The van der Waals surface area contributed by atoms with E-state index in [-0.39, 0.29) is 35.1 Å². The van der Waals surface area contributed by atoms with Gasteiger partial charge in [-0.2, -0.15) is 5.10 Å². The van der Waals surface area contributed by atoms with Gasteiger partial charge in [0.1, 0.15) is 11.9 Å². The van der Waals surface area contributed by atoms with E-state index in [9.17, 15) is 25.0 Å². The molecule has 24 heavy (non-hydrogen) atoms. The minimum Gasteiger partial charge on any atom is -0.325 e. The predicted molar refractivity (Wildman–Crippen MR) is 85.0 cm³/mol. The van der Waals surface area contributed by atoms with Crippen LogP contribution in [0.4, 0.5) is 17.1 Å². The monoisotopic (exact) mass is 353 g/mol. The summed E-state index contributed by atoms with van der Waals surface area (Å²) in [7, 11) is 0. The van der Waals surface area contributed by atoms with Gasteiger partial charge in [-0.1, -0.05) is 11.6 Å². The van der Waals surface area contributed by atoms with Gasteiger partial charge in [0.2, 0.25) is 5.91 Å². The lowest BCUT2D eigenvalue weighted by molar-refractivity contribution is -0.385. The summed E-state index contributed by atoms with van der Waals surface area (Å²) in [4.78, 5) is 32.3. The summed E-state index contributed by atoms with van der Waals surface area (Å²) >= 11 is 5.90. The lowest BCUT2D eigenvalue weighted by atomic mass is 10.2. The van der Waals surface area contributed by atoms with Gasteiger partial charge < -0.3 is 5.32 Å². The molecule has 1 N–H and O–H groups in total. The van der Waals surface area contributed by atoms with E-state index in [1.54, 1.807) is 0 Å². The number of hydrogen-bond acceptors (Lipinski definition) is 6. The molecule has 0 spiro atoms. The van der Waals surface area contributed by atoms with Crippen molar-refractivity contribution in [2.24, 2.45) is 0 Å². The van der Waals surface area contributed by atoms with Crippen LogP contribution in [0.15, 0.2) is 24.4 Å². The number of carbonyl (C=O) groups is 1. The van der Waals surface area contributed by atoms with Gasteiger partial charge >= 0.3 is 5.69 Å². The van der Waals surface area contributed by atoms with Crippen LogP contribution in [0.3, 0.4) is 0 Å². The standard InChI is InChI=1S/C13H12ClN5O5/c1-8-12(19(23)24)7-15-17(8)5-4-13(20)16-11-6-9(18(21)22)2-3-10(11)14/h2-3,6-7H,4-5H2,1H3,(H,16,20). The maximum absolute atomic E-state index is 12.0. The number of nitrogens with one attached hydrogen (secondary N) is 1. The highest BCUT2D eigenvalue weighted by atomic mass is 35.5. The van der Waals surface area contributed by atoms with Crippen molar-refractivity contribution in [2.75, 3.05) is 5.32 Å². The highest BCUT2D eigenvalue weighted by Crippen LogP contribution is 2.26. The second-order valence-corrected chi connectivity index (χ2v) is 5.22. The molecule has 0 aliphatic carbocycles. The van der Waals surface area contributed by atoms with E-state index in [1.165, 1.54) is 23.7 Å². The van der Waals surface area contributed by atoms with Gasteiger partial charge in [0.15, 0.2) is 0 Å². The Labute approximate surface area is 140 Å². The molecule has 0 atom stereocenters. The summed E-state index contributed by atoms with van der Waals surface area (Å²) in [5.74, 6) is -0.449. The second-order valence-electron chi connectivity index (χ2n) is 4.81.